The van der Waals surface area contributed by atoms with E-state index < -0.39 is 5.60 Å². The molecular formula is C15H33IN4O3. The summed E-state index contributed by atoms with van der Waals surface area (Å²) in [6, 6.07) is 0. The van der Waals surface area contributed by atoms with Gasteiger partial charge in [-0.25, -0.2) is 4.79 Å². The zero-order chi connectivity index (χ0) is 16.8. The fourth-order valence-electron chi connectivity index (χ4n) is 1.55. The molecule has 0 atom stereocenters. The third-order valence-electron chi connectivity index (χ3n) is 2.50. The molecular weight excluding hydrogens is 411 g/mol. The van der Waals surface area contributed by atoms with Gasteiger partial charge in [0, 0.05) is 39.9 Å². The summed E-state index contributed by atoms with van der Waals surface area (Å²) in [6.45, 7) is 11.1. The Bertz CT molecular complexity index is 333. The molecule has 0 heterocycles. The lowest BCUT2D eigenvalue weighted by atomic mass is 10.2. The van der Waals surface area contributed by atoms with Crippen molar-refractivity contribution in [2.75, 3.05) is 39.9 Å². The molecule has 0 unspecified atom stereocenters. The summed E-state index contributed by atoms with van der Waals surface area (Å²) < 4.78 is 10.4. The molecule has 1 amide bonds. The summed E-state index contributed by atoms with van der Waals surface area (Å²) in [6.07, 6.45) is 1.35. The van der Waals surface area contributed by atoms with Crippen LogP contribution in [0.15, 0.2) is 4.99 Å². The van der Waals surface area contributed by atoms with Gasteiger partial charge in [-0.1, -0.05) is 0 Å². The maximum absolute atomic E-state index is 11.4. The van der Waals surface area contributed by atoms with Gasteiger partial charge in [-0.05, 0) is 40.5 Å². The van der Waals surface area contributed by atoms with E-state index >= 15 is 0 Å². The number of hydrogen-bond donors (Lipinski definition) is 3. The van der Waals surface area contributed by atoms with Crippen LogP contribution in [-0.4, -0.2) is 57.5 Å². The number of amides is 1. The van der Waals surface area contributed by atoms with Crippen LogP contribution in [0.1, 0.15) is 40.5 Å². The highest BCUT2D eigenvalue weighted by Gasteiger charge is 2.15. The summed E-state index contributed by atoms with van der Waals surface area (Å²) in [5.74, 6) is 0.758. The minimum Gasteiger partial charge on any atom is -0.444 e. The molecule has 0 aliphatic carbocycles. The molecule has 0 fully saturated rings. The Morgan fingerprint density at radius 2 is 1.61 bits per heavy atom. The van der Waals surface area contributed by atoms with Gasteiger partial charge in [0.15, 0.2) is 5.96 Å². The number of nitrogens with zero attached hydrogens (tertiary/aromatic N) is 1. The van der Waals surface area contributed by atoms with E-state index in [0.717, 1.165) is 45.1 Å². The van der Waals surface area contributed by atoms with Gasteiger partial charge < -0.3 is 25.4 Å². The summed E-state index contributed by atoms with van der Waals surface area (Å²) >= 11 is 0. The van der Waals surface area contributed by atoms with Crippen LogP contribution in [0, 0.1) is 0 Å². The molecule has 138 valence electrons. The lowest BCUT2D eigenvalue weighted by Gasteiger charge is -2.19. The first-order valence-corrected chi connectivity index (χ1v) is 7.88. The highest BCUT2D eigenvalue weighted by molar-refractivity contribution is 14.0. The maximum atomic E-state index is 11.4. The van der Waals surface area contributed by atoms with Gasteiger partial charge in [0.05, 0.1) is 0 Å². The number of ether oxygens (including phenoxy) is 2. The Morgan fingerprint density at radius 3 is 2.13 bits per heavy atom. The van der Waals surface area contributed by atoms with Gasteiger partial charge in [0.2, 0.25) is 0 Å². The Labute approximate surface area is 157 Å². The molecule has 0 aromatic heterocycles. The number of halogens is 1. The van der Waals surface area contributed by atoms with Gasteiger partial charge in [-0.15, -0.1) is 24.0 Å². The lowest BCUT2D eigenvalue weighted by molar-refractivity contribution is 0.0527. The van der Waals surface area contributed by atoms with Crippen molar-refractivity contribution in [3.05, 3.63) is 0 Å². The smallest absolute Gasteiger partial charge is 0.407 e. The first-order valence-electron chi connectivity index (χ1n) is 7.88. The second-order valence-corrected chi connectivity index (χ2v) is 5.76. The molecule has 0 saturated carbocycles. The van der Waals surface area contributed by atoms with Crippen molar-refractivity contribution in [1.29, 1.82) is 0 Å². The Kier molecular flexibility index (Phi) is 15.8. The highest BCUT2D eigenvalue weighted by Crippen LogP contribution is 2.06. The molecule has 0 saturated heterocycles. The molecule has 0 bridgehead atoms. The molecule has 0 aromatic carbocycles. The van der Waals surface area contributed by atoms with Crippen molar-refractivity contribution in [2.45, 2.75) is 46.1 Å². The van der Waals surface area contributed by atoms with Crippen LogP contribution in [0.4, 0.5) is 4.79 Å². The number of aliphatic imine (C=N–C) groups is 1. The quantitative estimate of drug-likeness (QED) is 0.220. The van der Waals surface area contributed by atoms with Crippen molar-refractivity contribution in [3.8, 4) is 0 Å². The first kappa shape index (κ1) is 24.5. The zero-order valence-electron chi connectivity index (χ0n) is 15.0. The van der Waals surface area contributed by atoms with Crippen LogP contribution in [-0.2, 0) is 9.47 Å². The second kappa shape index (κ2) is 14.8. The van der Waals surface area contributed by atoms with E-state index in [2.05, 4.69) is 20.9 Å². The molecule has 0 aliphatic rings. The molecule has 0 aliphatic heterocycles. The van der Waals surface area contributed by atoms with Crippen molar-refractivity contribution in [3.63, 3.8) is 0 Å². The minimum absolute atomic E-state index is 0. The number of carbonyl (C=O) groups excluding carboxylic acids is 1. The lowest BCUT2D eigenvalue weighted by Crippen LogP contribution is -2.39. The standard InChI is InChI=1S/C15H32N4O3.HI/c1-6-21-12-8-11-18-13(16-5)17-9-7-10-19-14(20)22-15(2,3)4;/h6-12H2,1-5H3,(H,19,20)(H2,16,17,18);1H. The van der Waals surface area contributed by atoms with Crippen LogP contribution < -0.4 is 16.0 Å². The molecule has 23 heavy (non-hydrogen) atoms. The van der Waals surface area contributed by atoms with E-state index in [9.17, 15) is 4.79 Å². The van der Waals surface area contributed by atoms with Crippen molar-refractivity contribution in [2.24, 2.45) is 4.99 Å². The number of guanidine groups is 1. The van der Waals surface area contributed by atoms with Crippen molar-refractivity contribution < 1.29 is 14.3 Å². The first-order chi connectivity index (χ1) is 10.4. The van der Waals surface area contributed by atoms with Crippen molar-refractivity contribution in [1.82, 2.24) is 16.0 Å². The molecule has 0 aromatic rings. The number of hydrogen-bond acceptors (Lipinski definition) is 4. The SMILES string of the molecule is CCOCCCNC(=NC)NCCCNC(=O)OC(C)(C)C.I. The zero-order valence-corrected chi connectivity index (χ0v) is 17.4. The number of alkyl carbamates (subject to hydrolysis) is 1. The number of carbonyl (C=O) groups is 1. The van der Waals surface area contributed by atoms with Gasteiger partial charge >= 0.3 is 6.09 Å². The average Bonchev–Trinajstić information content (AvgIpc) is 2.42. The van der Waals surface area contributed by atoms with Crippen LogP contribution in [0.3, 0.4) is 0 Å². The molecule has 8 heteroatoms. The van der Waals surface area contributed by atoms with Crippen LogP contribution in [0.25, 0.3) is 0 Å². The van der Waals surface area contributed by atoms with Crippen molar-refractivity contribution >= 4 is 36.0 Å². The molecule has 0 spiro atoms. The number of nitrogens with one attached hydrogen (secondary N) is 3. The molecule has 0 rings (SSSR count). The second-order valence-electron chi connectivity index (χ2n) is 5.76. The van der Waals surface area contributed by atoms with Crippen LogP contribution >= 0.6 is 24.0 Å². The predicted molar refractivity (Wildman–Crippen MR) is 105 cm³/mol. The number of rotatable bonds is 9. The van der Waals surface area contributed by atoms with E-state index in [0.29, 0.717) is 6.54 Å². The third-order valence-corrected chi connectivity index (χ3v) is 2.50. The summed E-state index contributed by atoms with van der Waals surface area (Å²) in [7, 11) is 1.73. The largest absolute Gasteiger partial charge is 0.444 e. The van der Waals surface area contributed by atoms with E-state index in [1.54, 1.807) is 7.05 Å². The van der Waals surface area contributed by atoms with Crippen LogP contribution in [0.2, 0.25) is 0 Å². The van der Waals surface area contributed by atoms with Gasteiger partial charge in [0.1, 0.15) is 5.60 Å². The monoisotopic (exact) mass is 444 g/mol. The molecule has 3 N–H and O–H groups in total. The Hall–Kier alpha value is -0.770. The van der Waals surface area contributed by atoms with E-state index in [-0.39, 0.29) is 30.1 Å². The fraction of sp³-hybridized carbons (Fsp3) is 0.867. The summed E-state index contributed by atoms with van der Waals surface area (Å²) in [5, 5.41) is 9.11. The maximum Gasteiger partial charge on any atom is 0.407 e. The Balaban J connectivity index is 0. The van der Waals surface area contributed by atoms with Gasteiger partial charge in [-0.2, -0.15) is 0 Å². The summed E-state index contributed by atoms with van der Waals surface area (Å²) in [5.41, 5.74) is -0.463. The van der Waals surface area contributed by atoms with Gasteiger partial charge in [-0.3, -0.25) is 4.99 Å². The summed E-state index contributed by atoms with van der Waals surface area (Å²) in [4.78, 5) is 15.6. The van der Waals surface area contributed by atoms with Crippen LogP contribution in [0.5, 0.6) is 0 Å². The van der Waals surface area contributed by atoms with E-state index in [1.807, 2.05) is 27.7 Å². The van der Waals surface area contributed by atoms with Gasteiger partial charge in [0.25, 0.3) is 0 Å². The fourth-order valence-corrected chi connectivity index (χ4v) is 1.55. The molecule has 0 radical (unpaired) electrons. The Morgan fingerprint density at radius 1 is 1.04 bits per heavy atom. The molecule has 7 nitrogen and oxygen atoms in total. The minimum atomic E-state index is -0.463. The van der Waals surface area contributed by atoms with E-state index in [1.165, 1.54) is 0 Å². The van der Waals surface area contributed by atoms with E-state index in [4.69, 9.17) is 9.47 Å². The normalized spacial score (nSPS) is 11.4. The average molecular weight is 444 g/mol. The third kappa shape index (κ3) is 17.4. The highest BCUT2D eigenvalue weighted by atomic mass is 127. The predicted octanol–water partition coefficient (Wildman–Crippen LogP) is 2.11. The topological polar surface area (TPSA) is 84.0 Å².